The van der Waals surface area contributed by atoms with Crippen LogP contribution in [0.5, 0.6) is 5.75 Å². The zero-order valence-electron chi connectivity index (χ0n) is 15.4. The molecule has 0 spiro atoms. The Hall–Kier alpha value is -3.16. The number of thiophene rings is 1. The minimum absolute atomic E-state index is 0.113. The molecule has 3 rings (SSSR count). The highest BCUT2D eigenvalue weighted by Gasteiger charge is 2.13. The molecule has 0 unspecified atom stereocenters. The average Bonchev–Trinajstić information content (AvgIpc) is 3.22. The van der Waals surface area contributed by atoms with Crippen LogP contribution in [0.1, 0.15) is 42.2 Å². The fourth-order valence-corrected chi connectivity index (χ4v) is 3.27. The second-order valence-electron chi connectivity index (χ2n) is 6.07. The molecule has 0 saturated heterocycles. The zero-order chi connectivity index (χ0) is 20.8. The van der Waals surface area contributed by atoms with Gasteiger partial charge in [-0.25, -0.2) is 0 Å². The highest BCUT2D eigenvalue weighted by Crippen LogP contribution is 2.18. The van der Waals surface area contributed by atoms with Crippen LogP contribution in [0, 0.1) is 0 Å². The van der Waals surface area contributed by atoms with Gasteiger partial charge in [0.2, 0.25) is 0 Å². The van der Waals surface area contributed by atoms with Crippen LogP contribution in [0.3, 0.4) is 0 Å². The first-order chi connectivity index (χ1) is 13.9. The summed E-state index contributed by atoms with van der Waals surface area (Å²) in [4.78, 5) is 36.4. The molecule has 1 heterocycles. The average molecular weight is 429 g/mol. The van der Waals surface area contributed by atoms with E-state index < -0.39 is 11.8 Å². The van der Waals surface area contributed by atoms with Crippen LogP contribution >= 0.6 is 22.9 Å². The first-order valence-electron chi connectivity index (χ1n) is 8.61. The van der Waals surface area contributed by atoms with E-state index in [-0.39, 0.29) is 5.78 Å². The molecule has 0 saturated carbocycles. The third-order valence-corrected chi connectivity index (χ3v) is 5.34. The lowest BCUT2D eigenvalue weighted by Crippen LogP contribution is -2.41. The fourth-order valence-electron chi connectivity index (χ4n) is 2.35. The van der Waals surface area contributed by atoms with Gasteiger partial charge in [0.05, 0.1) is 9.75 Å². The van der Waals surface area contributed by atoms with E-state index in [1.807, 2.05) is 0 Å². The largest absolute Gasteiger partial charge is 0.489 e. The monoisotopic (exact) mass is 428 g/mol. The number of hydrogen-bond donors (Lipinski definition) is 2. The third-order valence-electron chi connectivity index (χ3n) is 3.90. The molecule has 2 amide bonds. The van der Waals surface area contributed by atoms with Crippen molar-refractivity contribution in [2.45, 2.75) is 13.5 Å². The number of hydrogen-bond acceptors (Lipinski definition) is 5. The van der Waals surface area contributed by atoms with Gasteiger partial charge in [0.15, 0.2) is 5.78 Å². The van der Waals surface area contributed by atoms with E-state index in [1.54, 1.807) is 60.7 Å². The molecular weight excluding hydrogens is 412 g/mol. The molecule has 2 N–H and O–H groups in total. The highest BCUT2D eigenvalue weighted by molar-refractivity contribution is 7.15. The van der Waals surface area contributed by atoms with Crippen LogP contribution < -0.4 is 15.6 Å². The van der Waals surface area contributed by atoms with Crippen molar-refractivity contribution in [3.63, 3.8) is 0 Å². The van der Waals surface area contributed by atoms with Gasteiger partial charge < -0.3 is 4.74 Å². The van der Waals surface area contributed by atoms with Crippen molar-refractivity contribution in [3.05, 3.63) is 86.6 Å². The van der Waals surface area contributed by atoms with Crippen molar-refractivity contribution in [2.75, 3.05) is 0 Å². The smallest absolute Gasteiger partial charge is 0.279 e. The van der Waals surface area contributed by atoms with Crippen LogP contribution in [-0.4, -0.2) is 17.6 Å². The number of carbonyl (C=O) groups is 3. The molecule has 1 aromatic heterocycles. The fraction of sp³-hybridized carbons (Fsp3) is 0.0952. The summed E-state index contributed by atoms with van der Waals surface area (Å²) >= 11 is 6.91. The molecule has 0 aliphatic heterocycles. The summed E-state index contributed by atoms with van der Waals surface area (Å²) in [5.74, 6) is -0.352. The maximum absolute atomic E-state index is 12.2. The Kier molecular flexibility index (Phi) is 6.64. The molecule has 0 bridgehead atoms. The number of hydrazine groups is 1. The van der Waals surface area contributed by atoms with E-state index in [9.17, 15) is 14.4 Å². The number of halogens is 1. The molecule has 148 valence electrons. The number of carbonyl (C=O) groups excluding carboxylic acids is 3. The van der Waals surface area contributed by atoms with E-state index in [0.717, 1.165) is 16.9 Å². The second-order valence-corrected chi connectivity index (χ2v) is 7.59. The predicted octanol–water partition coefficient (Wildman–Crippen LogP) is 4.26. The molecule has 0 aliphatic carbocycles. The summed E-state index contributed by atoms with van der Waals surface area (Å²) in [7, 11) is 0. The van der Waals surface area contributed by atoms with Gasteiger partial charge in [0, 0.05) is 10.6 Å². The van der Waals surface area contributed by atoms with Gasteiger partial charge in [0.1, 0.15) is 12.4 Å². The van der Waals surface area contributed by atoms with E-state index >= 15 is 0 Å². The van der Waals surface area contributed by atoms with E-state index in [2.05, 4.69) is 10.9 Å². The van der Waals surface area contributed by atoms with Crippen LogP contribution in [0.4, 0.5) is 0 Å². The van der Waals surface area contributed by atoms with E-state index in [0.29, 0.717) is 32.7 Å². The summed E-state index contributed by atoms with van der Waals surface area (Å²) in [6.07, 6.45) is 0. The number of nitrogens with one attached hydrogen (secondary N) is 2. The number of ketones is 1. The molecule has 0 aliphatic rings. The van der Waals surface area contributed by atoms with Crippen molar-refractivity contribution >= 4 is 40.5 Å². The topological polar surface area (TPSA) is 84.5 Å². The van der Waals surface area contributed by atoms with Gasteiger partial charge in [-0.1, -0.05) is 23.7 Å². The van der Waals surface area contributed by atoms with E-state index in [1.165, 1.54) is 6.92 Å². The Morgan fingerprint density at radius 1 is 0.862 bits per heavy atom. The summed E-state index contributed by atoms with van der Waals surface area (Å²) in [5.41, 5.74) is 5.97. The summed E-state index contributed by atoms with van der Waals surface area (Å²) in [5, 5.41) is 0.637. The Balaban J connectivity index is 1.51. The molecule has 0 atom stereocenters. The highest BCUT2D eigenvalue weighted by atomic mass is 35.5. The predicted molar refractivity (Wildman–Crippen MR) is 111 cm³/mol. The second kappa shape index (κ2) is 9.36. The lowest BCUT2D eigenvalue weighted by atomic mass is 10.1. The molecule has 8 heteroatoms. The normalized spacial score (nSPS) is 10.3. The van der Waals surface area contributed by atoms with Gasteiger partial charge in [-0.15, -0.1) is 11.3 Å². The van der Waals surface area contributed by atoms with Crippen LogP contribution in [0.15, 0.2) is 60.7 Å². The number of rotatable bonds is 6. The van der Waals surface area contributed by atoms with Crippen molar-refractivity contribution in [1.82, 2.24) is 10.9 Å². The molecule has 2 aromatic carbocycles. The van der Waals surface area contributed by atoms with Crippen LogP contribution in [0.2, 0.25) is 5.02 Å². The quantitative estimate of drug-likeness (QED) is 0.454. The Morgan fingerprint density at radius 3 is 2.10 bits per heavy atom. The lowest BCUT2D eigenvalue weighted by Gasteiger charge is -2.08. The van der Waals surface area contributed by atoms with Crippen LogP contribution in [-0.2, 0) is 6.61 Å². The van der Waals surface area contributed by atoms with Crippen LogP contribution in [0.25, 0.3) is 0 Å². The Morgan fingerprint density at radius 2 is 1.48 bits per heavy atom. The SMILES string of the molecule is CC(=O)c1ccc(C(=O)NNC(=O)c2ccc(COc3ccc(Cl)cc3)cc2)s1. The first kappa shape index (κ1) is 20.6. The Labute approximate surface area is 176 Å². The standard InChI is InChI=1S/C21H17ClN2O4S/c1-13(25)18-10-11-19(29-18)21(27)24-23-20(26)15-4-2-14(3-5-15)12-28-17-8-6-16(22)7-9-17/h2-11H,12H2,1H3,(H,23,26)(H,24,27). The van der Waals surface area contributed by atoms with Gasteiger partial charge >= 0.3 is 0 Å². The molecule has 3 aromatic rings. The number of amides is 2. The third kappa shape index (κ3) is 5.66. The van der Waals surface area contributed by atoms with Gasteiger partial charge in [0.25, 0.3) is 11.8 Å². The van der Waals surface area contributed by atoms with Gasteiger partial charge in [-0.3, -0.25) is 25.2 Å². The van der Waals surface area contributed by atoms with Crippen molar-refractivity contribution in [3.8, 4) is 5.75 Å². The maximum Gasteiger partial charge on any atom is 0.279 e. The van der Waals surface area contributed by atoms with Crippen molar-refractivity contribution < 1.29 is 19.1 Å². The molecule has 29 heavy (non-hydrogen) atoms. The van der Waals surface area contributed by atoms with Gasteiger partial charge in [-0.05, 0) is 61.0 Å². The zero-order valence-corrected chi connectivity index (χ0v) is 17.0. The minimum Gasteiger partial charge on any atom is -0.489 e. The van der Waals surface area contributed by atoms with Gasteiger partial charge in [-0.2, -0.15) is 0 Å². The lowest BCUT2D eigenvalue weighted by molar-refractivity contribution is 0.0849. The number of Topliss-reactive ketones (excluding diaryl/α,β-unsaturated/α-hetero) is 1. The van der Waals surface area contributed by atoms with E-state index in [4.69, 9.17) is 16.3 Å². The van der Waals surface area contributed by atoms with Crippen molar-refractivity contribution in [1.29, 1.82) is 0 Å². The minimum atomic E-state index is -0.483. The maximum atomic E-state index is 12.2. The molecular formula is C21H17ClN2O4S. The number of ether oxygens (including phenoxy) is 1. The summed E-state index contributed by atoms with van der Waals surface area (Å²) in [6.45, 7) is 1.77. The molecule has 0 fully saturated rings. The molecule has 6 nitrogen and oxygen atoms in total. The Bertz CT molecular complexity index is 1030. The number of benzene rings is 2. The first-order valence-corrected chi connectivity index (χ1v) is 9.80. The van der Waals surface area contributed by atoms with Crippen molar-refractivity contribution in [2.24, 2.45) is 0 Å². The summed E-state index contributed by atoms with van der Waals surface area (Å²) in [6, 6.07) is 17.0. The summed E-state index contributed by atoms with van der Waals surface area (Å²) < 4.78 is 5.66. The molecule has 0 radical (unpaired) electrons.